The van der Waals surface area contributed by atoms with Crippen molar-refractivity contribution in [3.8, 4) is 11.6 Å². The molecule has 4 aromatic rings. The molecule has 0 aliphatic heterocycles. The number of fused-ring (bicyclic) bond motifs is 1. The van der Waals surface area contributed by atoms with Gasteiger partial charge in [-0.1, -0.05) is 18.2 Å². The minimum atomic E-state index is -0.0571. The molecular weight excluding hydrogens is 366 g/mol. The monoisotopic (exact) mass is 387 g/mol. The van der Waals surface area contributed by atoms with Gasteiger partial charge in [-0.05, 0) is 42.0 Å². The molecule has 0 radical (unpaired) electrons. The van der Waals surface area contributed by atoms with Crippen LogP contribution in [0.5, 0.6) is 5.75 Å². The Kier molecular flexibility index (Phi) is 4.87. The summed E-state index contributed by atoms with van der Waals surface area (Å²) in [5.74, 6) is 1.57. The van der Waals surface area contributed by atoms with Crippen molar-refractivity contribution in [1.82, 2.24) is 19.4 Å². The number of nitrogens with zero attached hydrogens (tertiary/aromatic N) is 4. The third-order valence-electron chi connectivity index (χ3n) is 4.77. The van der Waals surface area contributed by atoms with Crippen LogP contribution in [0.25, 0.3) is 16.7 Å². The molecule has 0 fully saturated rings. The number of nitrogen functional groups attached to an aromatic ring is 1. The number of anilines is 1. The quantitative estimate of drug-likeness (QED) is 0.568. The van der Waals surface area contributed by atoms with Crippen molar-refractivity contribution in [2.24, 2.45) is 0 Å². The van der Waals surface area contributed by atoms with Crippen LogP contribution in [0.3, 0.4) is 0 Å². The fourth-order valence-corrected chi connectivity index (χ4v) is 3.37. The predicted octanol–water partition coefficient (Wildman–Crippen LogP) is 3.28. The maximum atomic E-state index is 13.2. The molecule has 2 aromatic carbocycles. The zero-order chi connectivity index (χ0) is 20.4. The van der Waals surface area contributed by atoms with Crippen molar-refractivity contribution in [3.05, 3.63) is 78.1 Å². The summed E-state index contributed by atoms with van der Waals surface area (Å²) in [5, 5.41) is 0.854. The number of amides is 1. The van der Waals surface area contributed by atoms with E-state index in [0.717, 1.165) is 22.2 Å². The molecule has 7 nitrogen and oxygen atoms in total. The van der Waals surface area contributed by atoms with Gasteiger partial charge in [0.2, 0.25) is 5.95 Å². The summed E-state index contributed by atoms with van der Waals surface area (Å²) in [6.45, 7) is 0.482. The molecule has 2 heterocycles. The van der Waals surface area contributed by atoms with Crippen molar-refractivity contribution in [3.63, 3.8) is 0 Å². The Morgan fingerprint density at radius 2 is 2.00 bits per heavy atom. The molecule has 0 bridgehead atoms. The zero-order valence-electron chi connectivity index (χ0n) is 16.2. The third kappa shape index (κ3) is 3.62. The first-order chi connectivity index (χ1) is 14.1. The SMILES string of the molecule is COc1cccc(CN(C)C(=O)c2cccc3c2ccn3-c2ccnc(N)n2)c1. The van der Waals surface area contributed by atoms with Crippen LogP contribution in [-0.2, 0) is 6.54 Å². The van der Waals surface area contributed by atoms with Crippen molar-refractivity contribution >= 4 is 22.8 Å². The average Bonchev–Trinajstić information content (AvgIpc) is 3.17. The second-order valence-electron chi connectivity index (χ2n) is 6.71. The Balaban J connectivity index is 1.66. The van der Waals surface area contributed by atoms with E-state index in [4.69, 9.17) is 10.5 Å². The van der Waals surface area contributed by atoms with E-state index in [1.54, 1.807) is 31.3 Å². The number of benzene rings is 2. The lowest BCUT2D eigenvalue weighted by molar-refractivity contribution is 0.0787. The Bertz CT molecular complexity index is 1180. The van der Waals surface area contributed by atoms with Gasteiger partial charge in [0.1, 0.15) is 11.6 Å². The number of aromatic nitrogens is 3. The van der Waals surface area contributed by atoms with Gasteiger partial charge >= 0.3 is 0 Å². The second kappa shape index (κ2) is 7.63. The number of methoxy groups -OCH3 is 1. The van der Waals surface area contributed by atoms with Gasteiger partial charge in [0.05, 0.1) is 12.6 Å². The molecule has 0 spiro atoms. The highest BCUT2D eigenvalue weighted by Crippen LogP contribution is 2.24. The summed E-state index contributed by atoms with van der Waals surface area (Å²) in [7, 11) is 3.42. The Morgan fingerprint density at radius 3 is 2.79 bits per heavy atom. The number of rotatable bonds is 5. The van der Waals surface area contributed by atoms with E-state index in [1.807, 2.05) is 59.3 Å². The van der Waals surface area contributed by atoms with E-state index in [9.17, 15) is 4.79 Å². The summed E-state index contributed by atoms with van der Waals surface area (Å²) in [5.41, 5.74) is 8.23. The van der Waals surface area contributed by atoms with Gasteiger partial charge < -0.3 is 19.9 Å². The normalized spacial score (nSPS) is 10.8. The second-order valence-corrected chi connectivity index (χ2v) is 6.71. The minimum Gasteiger partial charge on any atom is -0.497 e. The van der Waals surface area contributed by atoms with Gasteiger partial charge in [-0.15, -0.1) is 0 Å². The highest BCUT2D eigenvalue weighted by molar-refractivity contribution is 6.06. The number of nitrogens with two attached hydrogens (primary N) is 1. The molecule has 0 saturated carbocycles. The van der Waals surface area contributed by atoms with Gasteiger partial charge in [0, 0.05) is 36.9 Å². The average molecular weight is 387 g/mol. The molecule has 0 aliphatic carbocycles. The van der Waals surface area contributed by atoms with Crippen LogP contribution in [0, 0.1) is 0 Å². The highest BCUT2D eigenvalue weighted by Gasteiger charge is 2.17. The van der Waals surface area contributed by atoms with Crippen LogP contribution >= 0.6 is 0 Å². The van der Waals surface area contributed by atoms with Crippen molar-refractivity contribution in [1.29, 1.82) is 0 Å². The first-order valence-electron chi connectivity index (χ1n) is 9.14. The van der Waals surface area contributed by atoms with Gasteiger partial charge in [0.25, 0.3) is 5.91 Å². The molecular formula is C22H21N5O2. The van der Waals surface area contributed by atoms with E-state index in [0.29, 0.717) is 17.9 Å². The van der Waals surface area contributed by atoms with Crippen LogP contribution in [0.1, 0.15) is 15.9 Å². The van der Waals surface area contributed by atoms with Crippen LogP contribution in [0.2, 0.25) is 0 Å². The van der Waals surface area contributed by atoms with Crippen LogP contribution < -0.4 is 10.5 Å². The Morgan fingerprint density at radius 1 is 1.17 bits per heavy atom. The summed E-state index contributed by atoms with van der Waals surface area (Å²) in [6, 6.07) is 17.1. The van der Waals surface area contributed by atoms with Crippen molar-refractivity contribution in [2.45, 2.75) is 6.54 Å². The van der Waals surface area contributed by atoms with Crippen LogP contribution in [0.4, 0.5) is 5.95 Å². The molecule has 7 heteroatoms. The molecule has 2 N–H and O–H groups in total. The molecule has 1 amide bonds. The van der Waals surface area contributed by atoms with E-state index in [2.05, 4.69) is 9.97 Å². The van der Waals surface area contributed by atoms with E-state index >= 15 is 0 Å². The topological polar surface area (TPSA) is 86.3 Å². The molecule has 0 aliphatic rings. The summed E-state index contributed by atoms with van der Waals surface area (Å²) < 4.78 is 7.16. The van der Waals surface area contributed by atoms with Crippen molar-refractivity contribution in [2.75, 3.05) is 19.9 Å². The highest BCUT2D eigenvalue weighted by atomic mass is 16.5. The van der Waals surface area contributed by atoms with E-state index < -0.39 is 0 Å². The number of hydrogen-bond acceptors (Lipinski definition) is 5. The summed E-state index contributed by atoms with van der Waals surface area (Å²) >= 11 is 0. The lowest BCUT2D eigenvalue weighted by atomic mass is 10.1. The van der Waals surface area contributed by atoms with E-state index in [-0.39, 0.29) is 11.9 Å². The van der Waals surface area contributed by atoms with E-state index in [1.165, 1.54) is 0 Å². The first kappa shape index (κ1) is 18.5. The zero-order valence-corrected chi connectivity index (χ0v) is 16.2. The van der Waals surface area contributed by atoms with Crippen LogP contribution in [-0.4, -0.2) is 39.5 Å². The Labute approximate surface area is 168 Å². The largest absolute Gasteiger partial charge is 0.497 e. The minimum absolute atomic E-state index is 0.0571. The molecule has 2 aromatic heterocycles. The molecule has 146 valence electrons. The predicted molar refractivity (Wildman–Crippen MR) is 112 cm³/mol. The summed E-state index contributed by atoms with van der Waals surface area (Å²) in [6.07, 6.45) is 3.49. The van der Waals surface area contributed by atoms with Gasteiger partial charge in [0.15, 0.2) is 0 Å². The standard InChI is InChI=1S/C22H21N5O2/c1-26(14-15-5-3-6-16(13-15)29-2)21(28)18-7-4-8-19-17(18)10-12-27(19)20-9-11-24-22(23)25-20/h3-13H,14H2,1-2H3,(H2,23,24,25). The van der Waals surface area contributed by atoms with Crippen LogP contribution in [0.15, 0.2) is 67.0 Å². The van der Waals surface area contributed by atoms with Gasteiger partial charge in [-0.3, -0.25) is 4.79 Å². The molecule has 0 atom stereocenters. The number of carbonyl (C=O) groups is 1. The third-order valence-corrected chi connectivity index (χ3v) is 4.77. The molecule has 0 saturated heterocycles. The number of hydrogen-bond donors (Lipinski definition) is 1. The van der Waals surface area contributed by atoms with Gasteiger partial charge in [-0.25, -0.2) is 4.98 Å². The molecule has 0 unspecified atom stereocenters. The molecule has 4 rings (SSSR count). The van der Waals surface area contributed by atoms with Gasteiger partial charge in [-0.2, -0.15) is 4.98 Å². The van der Waals surface area contributed by atoms with Crippen molar-refractivity contribution < 1.29 is 9.53 Å². The fraction of sp³-hybridized carbons (Fsp3) is 0.136. The lowest BCUT2D eigenvalue weighted by Gasteiger charge is -2.18. The number of ether oxygens (including phenoxy) is 1. The fourth-order valence-electron chi connectivity index (χ4n) is 3.37. The smallest absolute Gasteiger partial charge is 0.254 e. The number of carbonyl (C=O) groups excluding carboxylic acids is 1. The molecule has 29 heavy (non-hydrogen) atoms. The Hall–Kier alpha value is -3.87. The maximum Gasteiger partial charge on any atom is 0.254 e. The maximum absolute atomic E-state index is 13.2. The lowest BCUT2D eigenvalue weighted by Crippen LogP contribution is -2.26. The summed E-state index contributed by atoms with van der Waals surface area (Å²) in [4.78, 5) is 23.1. The first-order valence-corrected chi connectivity index (χ1v) is 9.14.